The fraction of sp³-hybridized carbons (Fsp3) is 0.343. The molecule has 2 heterocycles. The number of aromatic nitrogens is 2. The number of para-hydroxylation sites is 1. The average Bonchev–Trinajstić information content (AvgIpc) is 3.10. The Balaban J connectivity index is 1.35. The molecule has 0 bridgehead atoms. The van der Waals surface area contributed by atoms with Crippen LogP contribution < -0.4 is 39.1 Å². The van der Waals surface area contributed by atoms with Gasteiger partial charge in [0.1, 0.15) is 11.5 Å². The molecule has 48 heavy (non-hydrogen) atoms. The van der Waals surface area contributed by atoms with Gasteiger partial charge in [-0.1, -0.05) is 12.5 Å². The van der Waals surface area contributed by atoms with Gasteiger partial charge in [0.25, 0.3) is 0 Å². The lowest BCUT2D eigenvalue weighted by Crippen LogP contribution is -2.31. The number of rotatable bonds is 14. The molecule has 254 valence electrons. The van der Waals surface area contributed by atoms with E-state index < -0.39 is 11.9 Å². The molecule has 1 saturated heterocycles. The van der Waals surface area contributed by atoms with Crippen LogP contribution in [0, 0.1) is 5.82 Å². The molecule has 0 spiro atoms. The topological polar surface area (TPSA) is 126 Å². The second-order valence-electron chi connectivity index (χ2n) is 10.9. The van der Waals surface area contributed by atoms with Gasteiger partial charge < -0.3 is 38.6 Å². The van der Waals surface area contributed by atoms with E-state index in [0.717, 1.165) is 26.1 Å². The second kappa shape index (κ2) is 16.5. The molecule has 0 unspecified atom stereocenters. The maximum absolute atomic E-state index is 15.1. The van der Waals surface area contributed by atoms with Crippen LogP contribution in [0.3, 0.4) is 0 Å². The number of carbonyl (C=O) groups is 1. The molecule has 0 atom stereocenters. The summed E-state index contributed by atoms with van der Waals surface area (Å²) in [5.41, 5.74) is 1.61. The maximum atomic E-state index is 15.1. The molecule has 1 aliphatic rings. The molecule has 1 amide bonds. The number of nitrogens with zero attached hydrogens (tertiary/aromatic N) is 3. The number of ether oxygens (including phenoxy) is 6. The van der Waals surface area contributed by atoms with E-state index in [0.29, 0.717) is 52.2 Å². The molecule has 1 aliphatic heterocycles. The van der Waals surface area contributed by atoms with E-state index in [9.17, 15) is 4.79 Å². The highest BCUT2D eigenvalue weighted by atomic mass is 19.1. The standard InChI is InChI=1S/C35H40FN5O7/c1-43-24-13-14-27(31(21-24)45-3)39-35(42)48-32-22-28(25-10-8-11-30(44-2)33(25)46-4)38-34(40-32)37-23-12-15-29(26(36)20-23)47-19-9-18-41-16-6-5-7-17-41/h8,10-15,20-22H,5-7,9,16-19H2,1-4H3,(H,39,42)(H,37,38,40). The van der Waals surface area contributed by atoms with Crippen molar-refractivity contribution < 1.29 is 37.6 Å². The largest absolute Gasteiger partial charge is 0.497 e. The third-order valence-corrected chi connectivity index (χ3v) is 7.74. The fourth-order valence-electron chi connectivity index (χ4n) is 5.37. The number of carbonyl (C=O) groups excluding carboxylic acids is 1. The molecule has 2 N–H and O–H groups in total. The Kier molecular flexibility index (Phi) is 11.7. The molecule has 12 nitrogen and oxygen atoms in total. The Morgan fingerprint density at radius 3 is 2.40 bits per heavy atom. The van der Waals surface area contributed by atoms with Crippen molar-refractivity contribution in [1.82, 2.24) is 14.9 Å². The van der Waals surface area contributed by atoms with E-state index in [1.54, 1.807) is 48.5 Å². The first-order valence-electron chi connectivity index (χ1n) is 15.6. The highest BCUT2D eigenvalue weighted by molar-refractivity contribution is 5.88. The number of nitrogens with one attached hydrogen (secondary N) is 2. The number of anilines is 3. The lowest BCUT2D eigenvalue weighted by Gasteiger charge is -2.26. The number of likely N-dealkylation sites (tertiary alicyclic amines) is 1. The molecule has 1 aromatic heterocycles. The van der Waals surface area contributed by atoms with Crippen LogP contribution in [-0.4, -0.2) is 75.6 Å². The third kappa shape index (κ3) is 8.73. The lowest BCUT2D eigenvalue weighted by molar-refractivity contribution is 0.203. The van der Waals surface area contributed by atoms with Crippen molar-refractivity contribution in [1.29, 1.82) is 0 Å². The van der Waals surface area contributed by atoms with Crippen LogP contribution in [0.4, 0.5) is 26.5 Å². The van der Waals surface area contributed by atoms with Gasteiger partial charge in [0.2, 0.25) is 11.8 Å². The number of piperidine rings is 1. The number of benzene rings is 3. The predicted octanol–water partition coefficient (Wildman–Crippen LogP) is 6.93. The summed E-state index contributed by atoms with van der Waals surface area (Å²) in [6, 6.07) is 16.2. The van der Waals surface area contributed by atoms with E-state index >= 15 is 4.39 Å². The SMILES string of the molecule is COc1ccc(NC(=O)Oc2cc(-c3cccc(OC)c3OC)nc(Nc3ccc(OCCCN4CCCCC4)c(F)c3)n2)c(OC)c1. The first-order valence-corrected chi connectivity index (χ1v) is 15.6. The average molecular weight is 662 g/mol. The van der Waals surface area contributed by atoms with E-state index in [2.05, 4.69) is 25.5 Å². The first kappa shape index (κ1) is 34.0. The zero-order valence-electron chi connectivity index (χ0n) is 27.5. The number of amides is 1. The number of methoxy groups -OCH3 is 4. The molecule has 1 fully saturated rings. The summed E-state index contributed by atoms with van der Waals surface area (Å²) >= 11 is 0. The van der Waals surface area contributed by atoms with E-state index in [1.165, 1.54) is 59.8 Å². The summed E-state index contributed by atoms with van der Waals surface area (Å²) in [6.45, 7) is 3.57. The van der Waals surface area contributed by atoms with Crippen LogP contribution in [0.5, 0.6) is 34.6 Å². The molecule has 0 radical (unpaired) electrons. The van der Waals surface area contributed by atoms with Crippen molar-refractivity contribution in [3.8, 4) is 45.9 Å². The number of hydrogen-bond donors (Lipinski definition) is 2. The molecular weight excluding hydrogens is 621 g/mol. The molecule has 5 rings (SSSR count). The minimum absolute atomic E-state index is 0.0387. The van der Waals surface area contributed by atoms with Crippen LogP contribution in [-0.2, 0) is 0 Å². The maximum Gasteiger partial charge on any atom is 0.418 e. The summed E-state index contributed by atoms with van der Waals surface area (Å²) in [5, 5.41) is 5.66. The zero-order valence-corrected chi connectivity index (χ0v) is 27.5. The Hall–Kier alpha value is -5.30. The van der Waals surface area contributed by atoms with Crippen LogP contribution in [0.1, 0.15) is 25.7 Å². The molecule has 13 heteroatoms. The smallest absolute Gasteiger partial charge is 0.418 e. The van der Waals surface area contributed by atoms with Gasteiger partial charge in [-0.05, 0) is 68.8 Å². The fourth-order valence-corrected chi connectivity index (χ4v) is 5.37. The van der Waals surface area contributed by atoms with E-state index in [4.69, 9.17) is 28.4 Å². The van der Waals surface area contributed by atoms with Crippen LogP contribution in [0.25, 0.3) is 11.3 Å². The molecule has 0 saturated carbocycles. The minimum atomic E-state index is -0.834. The molecule has 0 aliphatic carbocycles. The van der Waals surface area contributed by atoms with Gasteiger partial charge in [-0.15, -0.1) is 0 Å². The Morgan fingerprint density at radius 1 is 0.854 bits per heavy atom. The summed E-state index contributed by atoms with van der Waals surface area (Å²) < 4.78 is 48.1. The summed E-state index contributed by atoms with van der Waals surface area (Å²) in [4.78, 5) is 24.4. The van der Waals surface area contributed by atoms with Gasteiger partial charge in [0.05, 0.1) is 46.4 Å². The normalized spacial score (nSPS) is 12.9. The van der Waals surface area contributed by atoms with Gasteiger partial charge >= 0.3 is 6.09 Å². The van der Waals surface area contributed by atoms with Crippen molar-refractivity contribution in [2.45, 2.75) is 25.7 Å². The number of halogens is 1. The predicted molar refractivity (Wildman–Crippen MR) is 180 cm³/mol. The first-order chi connectivity index (χ1) is 23.4. The van der Waals surface area contributed by atoms with Crippen LogP contribution in [0.15, 0.2) is 60.7 Å². The molecular formula is C35H40FN5O7. The lowest BCUT2D eigenvalue weighted by atomic mass is 10.1. The van der Waals surface area contributed by atoms with Gasteiger partial charge in [-0.2, -0.15) is 4.98 Å². The van der Waals surface area contributed by atoms with E-state index in [-0.39, 0.29) is 17.6 Å². The monoisotopic (exact) mass is 661 g/mol. The van der Waals surface area contributed by atoms with Gasteiger partial charge in [0, 0.05) is 36.0 Å². The van der Waals surface area contributed by atoms with Crippen LogP contribution >= 0.6 is 0 Å². The third-order valence-electron chi connectivity index (χ3n) is 7.74. The van der Waals surface area contributed by atoms with Gasteiger partial charge in [-0.3, -0.25) is 5.32 Å². The van der Waals surface area contributed by atoms with Crippen molar-refractivity contribution in [2.24, 2.45) is 0 Å². The summed E-state index contributed by atoms with van der Waals surface area (Å²) in [5.74, 6) is 1.38. The van der Waals surface area contributed by atoms with Crippen molar-refractivity contribution in [3.05, 3.63) is 66.5 Å². The molecule has 4 aromatic rings. The zero-order chi connectivity index (χ0) is 33.9. The summed E-state index contributed by atoms with van der Waals surface area (Å²) in [7, 11) is 6.03. The Bertz CT molecular complexity index is 1700. The van der Waals surface area contributed by atoms with Crippen LogP contribution in [0.2, 0.25) is 0 Å². The number of hydrogen-bond acceptors (Lipinski definition) is 11. The van der Waals surface area contributed by atoms with Crippen molar-refractivity contribution in [3.63, 3.8) is 0 Å². The van der Waals surface area contributed by atoms with Gasteiger partial charge in [0.15, 0.2) is 23.1 Å². The highest BCUT2D eigenvalue weighted by Crippen LogP contribution is 2.38. The highest BCUT2D eigenvalue weighted by Gasteiger charge is 2.19. The Morgan fingerprint density at radius 2 is 1.67 bits per heavy atom. The van der Waals surface area contributed by atoms with E-state index in [1.807, 2.05) is 0 Å². The Labute approximate surface area is 279 Å². The van der Waals surface area contributed by atoms with Crippen molar-refractivity contribution >= 4 is 23.4 Å². The summed E-state index contributed by atoms with van der Waals surface area (Å²) in [6.07, 6.45) is 3.72. The second-order valence-corrected chi connectivity index (χ2v) is 10.9. The van der Waals surface area contributed by atoms with Gasteiger partial charge in [-0.25, -0.2) is 14.2 Å². The minimum Gasteiger partial charge on any atom is -0.497 e. The van der Waals surface area contributed by atoms with Crippen molar-refractivity contribution in [2.75, 3.05) is 65.3 Å². The quantitative estimate of drug-likeness (QED) is 0.137. The molecule has 3 aromatic carbocycles.